The lowest BCUT2D eigenvalue weighted by Gasteiger charge is -2.18. The molecule has 1 N–H and O–H groups in total. The van der Waals surface area contributed by atoms with Crippen molar-refractivity contribution in [3.63, 3.8) is 0 Å². The number of guanidine groups is 1. The fourth-order valence-corrected chi connectivity index (χ4v) is 1.74. The van der Waals surface area contributed by atoms with Gasteiger partial charge in [-0.2, -0.15) is 0 Å². The van der Waals surface area contributed by atoms with Gasteiger partial charge in [-0.15, -0.1) is 24.0 Å². The summed E-state index contributed by atoms with van der Waals surface area (Å²) in [6.45, 7) is 8.12. The zero-order chi connectivity index (χ0) is 13.5. The van der Waals surface area contributed by atoms with Crippen molar-refractivity contribution in [1.29, 1.82) is 0 Å². The van der Waals surface area contributed by atoms with Gasteiger partial charge in [0, 0.05) is 33.1 Å². The molecule has 0 bridgehead atoms. The summed E-state index contributed by atoms with van der Waals surface area (Å²) in [5, 5.41) is 3.27. The molecule has 3 nitrogen and oxygen atoms in total. The summed E-state index contributed by atoms with van der Waals surface area (Å²) >= 11 is 0. The Kier molecular flexibility index (Phi) is 8.80. The summed E-state index contributed by atoms with van der Waals surface area (Å²) in [6.07, 6.45) is 0. The van der Waals surface area contributed by atoms with E-state index in [4.69, 9.17) is 0 Å². The molecule has 0 radical (unpaired) electrons. The second-order valence-electron chi connectivity index (χ2n) is 4.90. The largest absolute Gasteiger partial charge is 0.357 e. The molecule has 0 spiro atoms. The van der Waals surface area contributed by atoms with Crippen LogP contribution in [0.2, 0.25) is 0 Å². The van der Waals surface area contributed by atoms with E-state index in [1.54, 1.807) is 0 Å². The van der Waals surface area contributed by atoms with Crippen molar-refractivity contribution in [3.05, 3.63) is 35.4 Å². The molecule has 1 atom stereocenters. The Hall–Kier alpha value is -0.780. The molecule has 0 aliphatic rings. The average molecular weight is 375 g/mol. The average Bonchev–Trinajstić information content (AvgIpc) is 2.34. The fourth-order valence-electron chi connectivity index (χ4n) is 1.74. The van der Waals surface area contributed by atoms with Gasteiger partial charge < -0.3 is 10.2 Å². The third kappa shape index (κ3) is 6.27. The summed E-state index contributed by atoms with van der Waals surface area (Å²) in [4.78, 5) is 6.66. The maximum atomic E-state index is 4.64. The van der Waals surface area contributed by atoms with E-state index in [2.05, 4.69) is 55.3 Å². The summed E-state index contributed by atoms with van der Waals surface area (Å²) in [7, 11) is 4.02. The second-order valence-corrected chi connectivity index (χ2v) is 4.90. The minimum atomic E-state index is 0. The minimum absolute atomic E-state index is 0. The predicted molar refractivity (Wildman–Crippen MR) is 94.7 cm³/mol. The van der Waals surface area contributed by atoms with Gasteiger partial charge in [0.2, 0.25) is 0 Å². The molecule has 4 heteroatoms. The first-order valence-electron chi connectivity index (χ1n) is 6.56. The van der Waals surface area contributed by atoms with Crippen molar-refractivity contribution in [2.45, 2.75) is 26.7 Å². The van der Waals surface area contributed by atoms with Gasteiger partial charge in [-0.1, -0.05) is 36.8 Å². The molecular formula is C15H26IN3. The molecule has 0 fully saturated rings. The van der Waals surface area contributed by atoms with E-state index in [1.165, 1.54) is 11.1 Å². The van der Waals surface area contributed by atoms with E-state index in [0.717, 1.165) is 19.0 Å². The topological polar surface area (TPSA) is 27.6 Å². The van der Waals surface area contributed by atoms with E-state index < -0.39 is 0 Å². The summed E-state index contributed by atoms with van der Waals surface area (Å²) in [6, 6.07) is 8.70. The first kappa shape index (κ1) is 18.2. The first-order valence-corrected chi connectivity index (χ1v) is 6.56. The molecule has 0 saturated carbocycles. The van der Waals surface area contributed by atoms with Crippen LogP contribution in [0.3, 0.4) is 0 Å². The van der Waals surface area contributed by atoms with E-state index in [1.807, 2.05) is 19.0 Å². The van der Waals surface area contributed by atoms with Crippen molar-refractivity contribution in [2.24, 2.45) is 4.99 Å². The number of nitrogens with zero attached hydrogens (tertiary/aromatic N) is 2. The van der Waals surface area contributed by atoms with Crippen LogP contribution in [0.25, 0.3) is 0 Å². The van der Waals surface area contributed by atoms with E-state index in [-0.39, 0.29) is 24.0 Å². The molecule has 108 valence electrons. The van der Waals surface area contributed by atoms with Crippen LogP contribution in [0.5, 0.6) is 0 Å². The van der Waals surface area contributed by atoms with Gasteiger partial charge in [0.25, 0.3) is 0 Å². The predicted octanol–water partition coefficient (Wildman–Crippen LogP) is 3.24. The Bertz CT molecular complexity index is 385. The van der Waals surface area contributed by atoms with Crippen molar-refractivity contribution in [2.75, 3.05) is 27.2 Å². The number of benzene rings is 1. The molecule has 1 aromatic carbocycles. The van der Waals surface area contributed by atoms with Crippen LogP contribution in [0.15, 0.2) is 29.3 Å². The summed E-state index contributed by atoms with van der Waals surface area (Å²) in [5.74, 6) is 1.40. The summed E-state index contributed by atoms with van der Waals surface area (Å²) < 4.78 is 0. The molecule has 0 saturated heterocycles. The zero-order valence-electron chi connectivity index (χ0n) is 12.6. The highest BCUT2D eigenvalue weighted by molar-refractivity contribution is 14.0. The molecule has 0 heterocycles. The summed E-state index contributed by atoms with van der Waals surface area (Å²) in [5.41, 5.74) is 2.65. The van der Waals surface area contributed by atoms with Gasteiger partial charge in [-0.3, -0.25) is 4.99 Å². The lowest BCUT2D eigenvalue weighted by Crippen LogP contribution is -2.36. The number of halogens is 1. The smallest absolute Gasteiger partial charge is 0.193 e. The molecule has 1 aromatic rings. The van der Waals surface area contributed by atoms with Crippen LogP contribution in [-0.2, 0) is 0 Å². The first-order chi connectivity index (χ1) is 8.54. The maximum Gasteiger partial charge on any atom is 0.193 e. The van der Waals surface area contributed by atoms with Gasteiger partial charge in [0.15, 0.2) is 5.96 Å². The zero-order valence-corrected chi connectivity index (χ0v) is 14.9. The minimum Gasteiger partial charge on any atom is -0.357 e. The van der Waals surface area contributed by atoms with Crippen molar-refractivity contribution in [3.8, 4) is 0 Å². The van der Waals surface area contributed by atoms with Gasteiger partial charge in [0.05, 0.1) is 0 Å². The number of aryl methyl sites for hydroxylation is 1. The van der Waals surface area contributed by atoms with Crippen LogP contribution in [0.1, 0.15) is 30.9 Å². The molecule has 0 amide bonds. The third-order valence-electron chi connectivity index (χ3n) is 2.92. The van der Waals surface area contributed by atoms with Crippen LogP contribution < -0.4 is 5.32 Å². The Morgan fingerprint density at radius 2 is 1.84 bits per heavy atom. The molecular weight excluding hydrogens is 349 g/mol. The highest BCUT2D eigenvalue weighted by Crippen LogP contribution is 2.16. The number of aliphatic imine (C=N–C) groups is 1. The molecule has 1 rings (SSSR count). The van der Waals surface area contributed by atoms with E-state index in [9.17, 15) is 0 Å². The van der Waals surface area contributed by atoms with Gasteiger partial charge in [-0.25, -0.2) is 0 Å². The Labute approximate surface area is 134 Å². The fraction of sp³-hybridized carbons (Fsp3) is 0.533. The molecule has 1 unspecified atom stereocenters. The van der Waals surface area contributed by atoms with Crippen LogP contribution in [0, 0.1) is 6.92 Å². The monoisotopic (exact) mass is 375 g/mol. The van der Waals surface area contributed by atoms with Crippen molar-refractivity contribution in [1.82, 2.24) is 10.2 Å². The van der Waals surface area contributed by atoms with E-state index in [0.29, 0.717) is 5.92 Å². The Morgan fingerprint density at radius 3 is 2.32 bits per heavy atom. The molecule has 0 aliphatic carbocycles. The Balaban J connectivity index is 0.00000324. The highest BCUT2D eigenvalue weighted by Gasteiger charge is 2.06. The maximum absolute atomic E-state index is 4.64. The number of rotatable bonds is 4. The van der Waals surface area contributed by atoms with Crippen LogP contribution >= 0.6 is 24.0 Å². The van der Waals surface area contributed by atoms with E-state index >= 15 is 0 Å². The molecule has 0 aromatic heterocycles. The lowest BCUT2D eigenvalue weighted by molar-refractivity contribution is 0.580. The molecule has 19 heavy (non-hydrogen) atoms. The normalized spacial score (nSPS) is 12.6. The number of hydrogen-bond acceptors (Lipinski definition) is 1. The Morgan fingerprint density at radius 1 is 1.26 bits per heavy atom. The van der Waals surface area contributed by atoms with Crippen molar-refractivity contribution >= 4 is 29.9 Å². The number of nitrogens with one attached hydrogen (secondary N) is 1. The van der Waals surface area contributed by atoms with Crippen LogP contribution in [-0.4, -0.2) is 38.0 Å². The van der Waals surface area contributed by atoms with Gasteiger partial charge in [-0.05, 0) is 19.4 Å². The van der Waals surface area contributed by atoms with Crippen LogP contribution in [0.4, 0.5) is 0 Å². The molecule has 0 aliphatic heterocycles. The number of hydrogen-bond donors (Lipinski definition) is 1. The quantitative estimate of drug-likeness (QED) is 0.497. The highest BCUT2D eigenvalue weighted by atomic mass is 127. The SMILES string of the molecule is CCNC(=NCC(C)c1ccc(C)cc1)N(C)C.I. The third-order valence-corrected chi connectivity index (χ3v) is 2.92. The lowest BCUT2D eigenvalue weighted by atomic mass is 10.0. The van der Waals surface area contributed by atoms with Crippen molar-refractivity contribution < 1.29 is 0 Å². The van der Waals surface area contributed by atoms with Gasteiger partial charge >= 0.3 is 0 Å². The standard InChI is InChI=1S/C15H25N3.HI/c1-6-16-15(18(4)5)17-11-13(3)14-9-7-12(2)8-10-14;/h7-10,13H,6,11H2,1-5H3,(H,16,17);1H. The second kappa shape index (κ2) is 9.18. The van der Waals surface area contributed by atoms with Gasteiger partial charge in [0.1, 0.15) is 0 Å².